The third kappa shape index (κ3) is 5.96. The molecule has 0 radical (unpaired) electrons. The van der Waals surface area contributed by atoms with Gasteiger partial charge < -0.3 is 30.6 Å². The molecule has 0 saturated carbocycles. The summed E-state index contributed by atoms with van der Waals surface area (Å²) < 4.78 is 11.9. The first-order valence-corrected chi connectivity index (χ1v) is 12.7. The normalized spacial score (nSPS) is 12.9. The maximum Gasteiger partial charge on any atom is 0.248 e. The molecule has 0 spiro atoms. The molecule has 5 N–H and O–H groups in total. The van der Waals surface area contributed by atoms with Crippen LogP contribution in [0.1, 0.15) is 22.8 Å². The van der Waals surface area contributed by atoms with Crippen molar-refractivity contribution >= 4 is 27.7 Å². The Morgan fingerprint density at radius 3 is 2.34 bits per heavy atom. The number of aromatic nitrogens is 1. The molecule has 5 rings (SSSR count). The zero-order chi connectivity index (χ0) is 26.5. The SMILES string of the molecule is CC(Cc1ccc(Oc2ccc(C(N)=O)cc2)cc1)NCC(O)COc1cccc2[nH]c3ccccc3c12. The van der Waals surface area contributed by atoms with E-state index >= 15 is 0 Å². The molecule has 1 aromatic heterocycles. The molecule has 4 aromatic carbocycles. The van der Waals surface area contributed by atoms with Crippen LogP contribution in [0, 0.1) is 0 Å². The Kier molecular flexibility index (Phi) is 7.58. The van der Waals surface area contributed by atoms with E-state index in [2.05, 4.69) is 23.3 Å². The number of ether oxygens (including phenoxy) is 2. The molecule has 7 nitrogen and oxygen atoms in total. The summed E-state index contributed by atoms with van der Waals surface area (Å²) in [6.07, 6.45) is 0.158. The Balaban J connectivity index is 1.09. The number of aromatic amines is 1. The molecule has 1 heterocycles. The number of fused-ring (bicyclic) bond motifs is 3. The van der Waals surface area contributed by atoms with Gasteiger partial charge >= 0.3 is 0 Å². The van der Waals surface area contributed by atoms with Crippen LogP contribution in [0.25, 0.3) is 21.8 Å². The van der Waals surface area contributed by atoms with Crippen LogP contribution < -0.4 is 20.5 Å². The number of benzene rings is 4. The van der Waals surface area contributed by atoms with Gasteiger partial charge in [-0.15, -0.1) is 0 Å². The van der Waals surface area contributed by atoms with Crippen LogP contribution in [-0.2, 0) is 6.42 Å². The highest BCUT2D eigenvalue weighted by Crippen LogP contribution is 2.33. The summed E-state index contributed by atoms with van der Waals surface area (Å²) in [5.74, 6) is 1.64. The van der Waals surface area contributed by atoms with Gasteiger partial charge in [-0.3, -0.25) is 4.79 Å². The Morgan fingerprint density at radius 1 is 0.921 bits per heavy atom. The van der Waals surface area contributed by atoms with Gasteiger partial charge in [-0.05, 0) is 73.5 Å². The highest BCUT2D eigenvalue weighted by molar-refractivity contribution is 6.10. The number of aliphatic hydroxyl groups excluding tert-OH is 1. The summed E-state index contributed by atoms with van der Waals surface area (Å²) in [4.78, 5) is 14.6. The molecule has 0 bridgehead atoms. The second-order valence-electron chi connectivity index (χ2n) is 9.46. The smallest absolute Gasteiger partial charge is 0.248 e. The minimum atomic E-state index is -0.644. The second-order valence-corrected chi connectivity index (χ2v) is 9.46. The predicted octanol–water partition coefficient (Wildman–Crippen LogP) is 5.17. The van der Waals surface area contributed by atoms with Crippen molar-refractivity contribution in [1.29, 1.82) is 0 Å². The summed E-state index contributed by atoms with van der Waals surface area (Å²) in [6.45, 7) is 2.71. The summed E-state index contributed by atoms with van der Waals surface area (Å²) in [6, 6.07) is 28.8. The molecule has 2 atom stereocenters. The number of carbonyl (C=O) groups excluding carboxylic acids is 1. The van der Waals surface area contributed by atoms with Gasteiger partial charge in [0, 0.05) is 34.4 Å². The lowest BCUT2D eigenvalue weighted by Crippen LogP contribution is -2.37. The van der Waals surface area contributed by atoms with Crippen molar-refractivity contribution in [3.8, 4) is 17.2 Å². The van der Waals surface area contributed by atoms with Crippen LogP contribution in [0.4, 0.5) is 0 Å². The van der Waals surface area contributed by atoms with E-state index in [1.807, 2.05) is 60.7 Å². The number of para-hydroxylation sites is 1. The summed E-state index contributed by atoms with van der Waals surface area (Å²) >= 11 is 0. The molecule has 0 fully saturated rings. The first-order valence-electron chi connectivity index (χ1n) is 12.7. The standard InChI is InChI=1S/C31H31N3O4/c1-20(17-21-9-13-24(14-10-21)38-25-15-11-22(12-16-25)31(32)36)33-18-23(35)19-37-29-8-4-7-28-30(29)26-5-2-3-6-27(26)34-28/h2-16,20,23,33-35H,17-19H2,1H3,(H2,32,36). The third-order valence-corrected chi connectivity index (χ3v) is 6.46. The summed E-state index contributed by atoms with van der Waals surface area (Å²) in [7, 11) is 0. The fourth-order valence-corrected chi connectivity index (χ4v) is 4.51. The lowest BCUT2D eigenvalue weighted by Gasteiger charge is -2.18. The number of H-pyrrole nitrogens is 1. The topological polar surface area (TPSA) is 110 Å². The lowest BCUT2D eigenvalue weighted by atomic mass is 10.1. The molecule has 5 aromatic rings. The van der Waals surface area contributed by atoms with Gasteiger partial charge in [0.15, 0.2) is 0 Å². The number of rotatable bonds is 11. The molecule has 38 heavy (non-hydrogen) atoms. The second kappa shape index (κ2) is 11.4. The molecule has 0 aliphatic carbocycles. The van der Waals surface area contributed by atoms with Crippen LogP contribution >= 0.6 is 0 Å². The maximum atomic E-state index is 11.2. The van der Waals surface area contributed by atoms with Gasteiger partial charge in [0.05, 0.1) is 5.52 Å². The number of carbonyl (C=O) groups is 1. The van der Waals surface area contributed by atoms with E-state index in [1.54, 1.807) is 24.3 Å². The zero-order valence-electron chi connectivity index (χ0n) is 21.2. The number of amides is 1. The summed E-state index contributed by atoms with van der Waals surface area (Å²) in [5.41, 5.74) is 8.95. The molecule has 7 heteroatoms. The average Bonchev–Trinajstić information content (AvgIpc) is 3.31. The van der Waals surface area contributed by atoms with Crippen LogP contribution in [0.5, 0.6) is 17.2 Å². The van der Waals surface area contributed by atoms with Crippen molar-refractivity contribution in [2.24, 2.45) is 5.73 Å². The molecule has 194 valence electrons. The molecular weight excluding hydrogens is 478 g/mol. The Hall–Kier alpha value is -4.33. The molecule has 0 aliphatic heterocycles. The third-order valence-electron chi connectivity index (χ3n) is 6.46. The van der Waals surface area contributed by atoms with Crippen LogP contribution in [0.15, 0.2) is 91.0 Å². The van der Waals surface area contributed by atoms with E-state index in [0.29, 0.717) is 23.6 Å². The van der Waals surface area contributed by atoms with Crippen molar-refractivity contribution in [1.82, 2.24) is 10.3 Å². The van der Waals surface area contributed by atoms with Gasteiger partial charge in [-0.2, -0.15) is 0 Å². The largest absolute Gasteiger partial charge is 0.490 e. The van der Waals surface area contributed by atoms with Crippen molar-refractivity contribution in [2.45, 2.75) is 25.5 Å². The molecule has 0 aliphatic rings. The number of hydrogen-bond acceptors (Lipinski definition) is 5. The van der Waals surface area contributed by atoms with E-state index in [4.69, 9.17) is 15.2 Å². The zero-order valence-corrected chi connectivity index (χ0v) is 21.2. The first kappa shape index (κ1) is 25.3. The number of primary amides is 1. The predicted molar refractivity (Wildman–Crippen MR) is 150 cm³/mol. The quantitative estimate of drug-likeness (QED) is 0.196. The van der Waals surface area contributed by atoms with E-state index in [1.165, 1.54) is 0 Å². The minimum absolute atomic E-state index is 0.162. The van der Waals surface area contributed by atoms with Gasteiger partial charge in [-0.25, -0.2) is 0 Å². The Bertz CT molecular complexity index is 1530. The van der Waals surface area contributed by atoms with Crippen molar-refractivity contribution < 1.29 is 19.4 Å². The Labute approximate surface area is 221 Å². The fourth-order valence-electron chi connectivity index (χ4n) is 4.51. The van der Waals surface area contributed by atoms with Gasteiger partial charge in [0.2, 0.25) is 5.91 Å². The number of hydrogen-bond donors (Lipinski definition) is 4. The van der Waals surface area contributed by atoms with Crippen molar-refractivity contribution in [3.05, 3.63) is 102 Å². The number of aliphatic hydroxyl groups is 1. The minimum Gasteiger partial charge on any atom is -0.490 e. The van der Waals surface area contributed by atoms with E-state index in [9.17, 15) is 9.90 Å². The molecular formula is C31H31N3O4. The van der Waals surface area contributed by atoms with Crippen LogP contribution in [0.2, 0.25) is 0 Å². The van der Waals surface area contributed by atoms with E-state index in [0.717, 1.165) is 39.5 Å². The van der Waals surface area contributed by atoms with Crippen molar-refractivity contribution in [2.75, 3.05) is 13.2 Å². The van der Waals surface area contributed by atoms with Gasteiger partial charge in [0.1, 0.15) is 30.0 Å². The van der Waals surface area contributed by atoms with E-state index < -0.39 is 12.0 Å². The highest BCUT2D eigenvalue weighted by Gasteiger charge is 2.13. The average molecular weight is 510 g/mol. The maximum absolute atomic E-state index is 11.2. The van der Waals surface area contributed by atoms with Crippen LogP contribution in [0.3, 0.4) is 0 Å². The molecule has 0 saturated heterocycles. The molecule has 2 unspecified atom stereocenters. The highest BCUT2D eigenvalue weighted by atomic mass is 16.5. The lowest BCUT2D eigenvalue weighted by molar-refractivity contribution is 0.1000. The fraction of sp³-hybridized carbons (Fsp3) is 0.194. The summed E-state index contributed by atoms with van der Waals surface area (Å²) in [5, 5.41) is 16.1. The molecule has 1 amide bonds. The number of nitrogens with one attached hydrogen (secondary N) is 2. The monoisotopic (exact) mass is 509 g/mol. The van der Waals surface area contributed by atoms with Gasteiger partial charge in [0.25, 0.3) is 0 Å². The Morgan fingerprint density at radius 2 is 1.61 bits per heavy atom. The first-order chi connectivity index (χ1) is 18.5. The number of nitrogens with two attached hydrogens (primary N) is 1. The van der Waals surface area contributed by atoms with Crippen LogP contribution in [-0.4, -0.2) is 41.3 Å². The van der Waals surface area contributed by atoms with E-state index in [-0.39, 0.29) is 12.6 Å². The van der Waals surface area contributed by atoms with Crippen molar-refractivity contribution in [3.63, 3.8) is 0 Å². The van der Waals surface area contributed by atoms with Gasteiger partial charge in [-0.1, -0.05) is 36.4 Å².